The third kappa shape index (κ3) is 3.65. The van der Waals surface area contributed by atoms with Crippen molar-refractivity contribution < 1.29 is 9.84 Å². The van der Waals surface area contributed by atoms with E-state index in [9.17, 15) is 5.11 Å². The van der Waals surface area contributed by atoms with E-state index in [2.05, 4.69) is 4.98 Å². The highest BCUT2D eigenvalue weighted by atomic mass is 32.2. The molecule has 0 aliphatic rings. The molecule has 3 nitrogen and oxygen atoms in total. The lowest BCUT2D eigenvalue weighted by Gasteiger charge is -2.05. The molecule has 0 amide bonds. The van der Waals surface area contributed by atoms with E-state index >= 15 is 0 Å². The summed E-state index contributed by atoms with van der Waals surface area (Å²) in [7, 11) is 1.68. The Hall–Kier alpha value is -0.580. The summed E-state index contributed by atoms with van der Waals surface area (Å²) in [6.07, 6.45) is 1.29. The number of aromatic nitrogens is 1. The maximum Gasteiger partial charge on any atom is 0.0964 e. The molecule has 1 unspecified atom stereocenters. The summed E-state index contributed by atoms with van der Waals surface area (Å²) >= 11 is 1.63. The number of hydrogen-bond acceptors (Lipinski definition) is 4. The van der Waals surface area contributed by atoms with Gasteiger partial charge in [-0.1, -0.05) is 0 Å². The van der Waals surface area contributed by atoms with Gasteiger partial charge >= 0.3 is 0 Å². The molecule has 0 aliphatic heterocycles. The molecule has 0 aromatic carbocycles. The van der Waals surface area contributed by atoms with Crippen LogP contribution in [0.5, 0.6) is 0 Å². The zero-order valence-corrected chi connectivity index (χ0v) is 9.25. The van der Waals surface area contributed by atoms with Gasteiger partial charge in [0.05, 0.1) is 17.7 Å². The lowest BCUT2D eigenvalue weighted by molar-refractivity contribution is 0.199. The minimum Gasteiger partial charge on any atom is -0.389 e. The highest BCUT2D eigenvalue weighted by molar-refractivity contribution is 7.99. The molecular formula is C10H15NO2S. The van der Waals surface area contributed by atoms with Crippen molar-refractivity contribution in [1.29, 1.82) is 0 Å². The van der Waals surface area contributed by atoms with Gasteiger partial charge in [-0.15, -0.1) is 11.8 Å². The van der Waals surface area contributed by atoms with Gasteiger partial charge in [-0.2, -0.15) is 0 Å². The summed E-state index contributed by atoms with van der Waals surface area (Å²) < 4.78 is 4.94. The molecule has 4 heteroatoms. The zero-order chi connectivity index (χ0) is 10.4. The predicted octanol–water partition coefficient (Wildman–Crippen LogP) is 1.87. The van der Waals surface area contributed by atoms with Gasteiger partial charge in [-0.05, 0) is 24.6 Å². The molecule has 0 saturated carbocycles. The van der Waals surface area contributed by atoms with Crippen LogP contribution >= 0.6 is 11.8 Å². The largest absolute Gasteiger partial charge is 0.389 e. The minimum absolute atomic E-state index is 0.431. The standard InChI is InChI=1S/C10H15NO2S/c1-8(12)9-3-4-11-10(7-9)14-6-5-13-2/h3-4,7-8,12H,5-6H2,1-2H3. The van der Waals surface area contributed by atoms with E-state index in [1.165, 1.54) is 0 Å². The average molecular weight is 213 g/mol. The van der Waals surface area contributed by atoms with Crippen molar-refractivity contribution in [3.63, 3.8) is 0 Å². The Kier molecular flexibility index (Phi) is 4.93. The molecular weight excluding hydrogens is 198 g/mol. The van der Waals surface area contributed by atoms with Gasteiger partial charge < -0.3 is 9.84 Å². The predicted molar refractivity (Wildman–Crippen MR) is 57.5 cm³/mol. The minimum atomic E-state index is -0.431. The van der Waals surface area contributed by atoms with E-state index in [0.717, 1.165) is 16.3 Å². The van der Waals surface area contributed by atoms with E-state index in [-0.39, 0.29) is 0 Å². The first-order valence-electron chi connectivity index (χ1n) is 4.50. The van der Waals surface area contributed by atoms with Crippen LogP contribution in [0.3, 0.4) is 0 Å². The van der Waals surface area contributed by atoms with Crippen LogP contribution < -0.4 is 0 Å². The normalized spacial score (nSPS) is 12.8. The number of pyridine rings is 1. The van der Waals surface area contributed by atoms with Gasteiger partial charge in [-0.3, -0.25) is 0 Å². The fourth-order valence-electron chi connectivity index (χ4n) is 0.993. The summed E-state index contributed by atoms with van der Waals surface area (Å²) in [5.41, 5.74) is 0.903. The fourth-order valence-corrected chi connectivity index (χ4v) is 1.81. The molecule has 1 N–H and O–H groups in total. The van der Waals surface area contributed by atoms with Crippen molar-refractivity contribution in [3.05, 3.63) is 23.9 Å². The van der Waals surface area contributed by atoms with Gasteiger partial charge in [0.1, 0.15) is 0 Å². The van der Waals surface area contributed by atoms with Crippen molar-refractivity contribution >= 4 is 11.8 Å². The van der Waals surface area contributed by atoms with Crippen LogP contribution in [0.4, 0.5) is 0 Å². The second-order valence-corrected chi connectivity index (χ2v) is 4.06. The van der Waals surface area contributed by atoms with E-state index in [0.29, 0.717) is 6.61 Å². The Balaban J connectivity index is 2.55. The Morgan fingerprint density at radius 3 is 3.07 bits per heavy atom. The van der Waals surface area contributed by atoms with Crippen LogP contribution in [0.15, 0.2) is 23.4 Å². The topological polar surface area (TPSA) is 42.4 Å². The molecule has 0 fully saturated rings. The monoisotopic (exact) mass is 213 g/mol. The summed E-state index contributed by atoms with van der Waals surface area (Å²) in [5.74, 6) is 0.882. The van der Waals surface area contributed by atoms with Gasteiger partial charge in [0.2, 0.25) is 0 Å². The van der Waals surface area contributed by atoms with Crippen molar-refractivity contribution in [2.24, 2.45) is 0 Å². The Bertz CT molecular complexity index is 279. The van der Waals surface area contributed by atoms with Gasteiger partial charge in [0, 0.05) is 19.1 Å². The van der Waals surface area contributed by atoms with Gasteiger partial charge in [0.25, 0.3) is 0 Å². The van der Waals surface area contributed by atoms with Crippen LogP contribution in [0, 0.1) is 0 Å². The third-order valence-corrected chi connectivity index (χ3v) is 2.67. The number of hydrogen-bond donors (Lipinski definition) is 1. The molecule has 0 radical (unpaired) electrons. The summed E-state index contributed by atoms with van der Waals surface area (Å²) in [5, 5.41) is 10.3. The van der Waals surface area contributed by atoms with Crippen LogP contribution in [0.2, 0.25) is 0 Å². The summed E-state index contributed by atoms with van der Waals surface area (Å²) in [6.45, 7) is 2.46. The maximum absolute atomic E-state index is 9.36. The van der Waals surface area contributed by atoms with Crippen molar-refractivity contribution in [1.82, 2.24) is 4.98 Å². The molecule has 1 atom stereocenters. The highest BCUT2D eigenvalue weighted by Crippen LogP contribution is 2.19. The highest BCUT2D eigenvalue weighted by Gasteiger charge is 2.02. The quantitative estimate of drug-likeness (QED) is 0.599. The molecule has 1 rings (SSSR count). The van der Waals surface area contributed by atoms with E-state index < -0.39 is 6.10 Å². The number of thioether (sulfide) groups is 1. The van der Waals surface area contributed by atoms with Crippen molar-refractivity contribution in [2.75, 3.05) is 19.5 Å². The molecule has 14 heavy (non-hydrogen) atoms. The molecule has 0 bridgehead atoms. The zero-order valence-electron chi connectivity index (χ0n) is 8.43. The number of rotatable bonds is 5. The summed E-state index contributed by atoms with van der Waals surface area (Å²) in [4.78, 5) is 4.19. The first-order chi connectivity index (χ1) is 6.74. The number of aliphatic hydroxyl groups is 1. The fraction of sp³-hybridized carbons (Fsp3) is 0.500. The van der Waals surface area contributed by atoms with Crippen molar-refractivity contribution in [3.8, 4) is 0 Å². The average Bonchev–Trinajstić information content (AvgIpc) is 2.19. The number of aliphatic hydroxyl groups excluding tert-OH is 1. The van der Waals surface area contributed by atoms with Gasteiger partial charge in [-0.25, -0.2) is 4.98 Å². The van der Waals surface area contributed by atoms with Crippen LogP contribution in [0.1, 0.15) is 18.6 Å². The van der Waals surface area contributed by atoms with E-state index in [1.807, 2.05) is 12.1 Å². The number of methoxy groups -OCH3 is 1. The van der Waals surface area contributed by atoms with E-state index in [4.69, 9.17) is 4.74 Å². The van der Waals surface area contributed by atoms with Crippen molar-refractivity contribution in [2.45, 2.75) is 18.1 Å². The molecule has 78 valence electrons. The first-order valence-corrected chi connectivity index (χ1v) is 5.48. The number of nitrogens with zero attached hydrogens (tertiary/aromatic N) is 1. The molecule has 1 aromatic rings. The Morgan fingerprint density at radius 1 is 1.64 bits per heavy atom. The molecule has 0 spiro atoms. The van der Waals surface area contributed by atoms with Crippen LogP contribution in [-0.4, -0.2) is 29.6 Å². The maximum atomic E-state index is 9.36. The molecule has 1 heterocycles. The number of ether oxygens (including phenoxy) is 1. The van der Waals surface area contributed by atoms with Crippen LogP contribution in [0.25, 0.3) is 0 Å². The molecule has 0 saturated heterocycles. The lowest BCUT2D eigenvalue weighted by atomic mass is 10.2. The van der Waals surface area contributed by atoms with Gasteiger partial charge in [0.15, 0.2) is 0 Å². The SMILES string of the molecule is COCCSc1cc(C(C)O)ccn1. The van der Waals surface area contributed by atoms with Crippen LogP contribution in [-0.2, 0) is 4.74 Å². The first kappa shape index (κ1) is 11.5. The lowest BCUT2D eigenvalue weighted by Crippen LogP contribution is -1.95. The van der Waals surface area contributed by atoms with E-state index in [1.54, 1.807) is 32.0 Å². The molecule has 0 aliphatic carbocycles. The smallest absolute Gasteiger partial charge is 0.0964 e. The summed E-state index contributed by atoms with van der Waals surface area (Å²) in [6, 6.07) is 3.73. The molecule has 1 aromatic heterocycles. The third-order valence-electron chi connectivity index (χ3n) is 1.78. The second-order valence-electron chi connectivity index (χ2n) is 2.94. The Morgan fingerprint density at radius 2 is 2.43 bits per heavy atom. The Labute approximate surface area is 88.5 Å². The second kappa shape index (κ2) is 6.01.